The van der Waals surface area contributed by atoms with Crippen molar-refractivity contribution >= 4 is 5.91 Å². The first-order valence-corrected chi connectivity index (χ1v) is 6.34. The van der Waals surface area contributed by atoms with Crippen LogP contribution in [-0.4, -0.2) is 11.9 Å². The van der Waals surface area contributed by atoms with Crippen LogP contribution in [0.4, 0.5) is 0 Å². The van der Waals surface area contributed by atoms with Crippen LogP contribution in [0, 0.1) is 12.3 Å². The fourth-order valence-corrected chi connectivity index (χ4v) is 1.72. The van der Waals surface area contributed by atoms with Crippen LogP contribution in [0.3, 0.4) is 0 Å². The van der Waals surface area contributed by atoms with Gasteiger partial charge in [-0.15, -0.1) is 0 Å². The number of amides is 1. The molecular formula is C15H24N2O. The summed E-state index contributed by atoms with van der Waals surface area (Å²) < 4.78 is 0. The third-order valence-electron chi connectivity index (χ3n) is 3.12. The molecule has 1 aromatic rings. The zero-order valence-corrected chi connectivity index (χ0v) is 11.9. The molecule has 0 unspecified atom stereocenters. The van der Waals surface area contributed by atoms with Crippen molar-refractivity contribution in [2.45, 2.75) is 46.7 Å². The molecule has 1 aromatic carbocycles. The van der Waals surface area contributed by atoms with Crippen molar-refractivity contribution in [1.29, 1.82) is 0 Å². The lowest BCUT2D eigenvalue weighted by Crippen LogP contribution is -2.49. The van der Waals surface area contributed by atoms with Gasteiger partial charge in [-0.3, -0.25) is 4.79 Å². The van der Waals surface area contributed by atoms with Crippen molar-refractivity contribution in [2.24, 2.45) is 11.1 Å². The van der Waals surface area contributed by atoms with Gasteiger partial charge >= 0.3 is 0 Å². The van der Waals surface area contributed by atoms with E-state index in [-0.39, 0.29) is 17.4 Å². The van der Waals surface area contributed by atoms with Gasteiger partial charge in [-0.1, -0.05) is 50.6 Å². The summed E-state index contributed by atoms with van der Waals surface area (Å²) in [6.07, 6.45) is 0. The highest BCUT2D eigenvalue weighted by atomic mass is 16.2. The minimum absolute atomic E-state index is 0.0224. The van der Waals surface area contributed by atoms with Gasteiger partial charge in [0, 0.05) is 0 Å². The fourth-order valence-electron chi connectivity index (χ4n) is 1.72. The Kier molecular flexibility index (Phi) is 4.52. The molecule has 0 spiro atoms. The van der Waals surface area contributed by atoms with Crippen molar-refractivity contribution in [2.75, 3.05) is 0 Å². The summed E-state index contributed by atoms with van der Waals surface area (Å²) in [5.74, 6) is -0.100. The average Bonchev–Trinajstić information content (AvgIpc) is 2.26. The number of nitrogens with one attached hydrogen (secondary N) is 1. The number of rotatable bonds is 3. The second-order valence-electron chi connectivity index (χ2n) is 5.99. The first-order valence-electron chi connectivity index (χ1n) is 6.34. The van der Waals surface area contributed by atoms with Crippen LogP contribution in [0.2, 0.25) is 0 Å². The maximum Gasteiger partial charge on any atom is 0.237 e. The van der Waals surface area contributed by atoms with E-state index in [2.05, 4.69) is 11.4 Å². The van der Waals surface area contributed by atoms with Crippen LogP contribution in [0.25, 0.3) is 0 Å². The predicted molar refractivity (Wildman–Crippen MR) is 75.2 cm³/mol. The van der Waals surface area contributed by atoms with Gasteiger partial charge in [-0.2, -0.15) is 0 Å². The van der Waals surface area contributed by atoms with Crippen LogP contribution in [0.5, 0.6) is 0 Å². The van der Waals surface area contributed by atoms with E-state index in [1.54, 1.807) is 0 Å². The molecule has 0 bridgehead atoms. The topological polar surface area (TPSA) is 55.1 Å². The Morgan fingerprint density at radius 1 is 1.33 bits per heavy atom. The Morgan fingerprint density at radius 3 is 2.44 bits per heavy atom. The van der Waals surface area contributed by atoms with Gasteiger partial charge in [-0.05, 0) is 24.8 Å². The zero-order valence-electron chi connectivity index (χ0n) is 11.9. The number of aryl methyl sites for hydroxylation is 1. The van der Waals surface area contributed by atoms with Gasteiger partial charge in [0.1, 0.15) is 0 Å². The minimum Gasteiger partial charge on any atom is -0.348 e. The molecule has 0 aromatic heterocycles. The van der Waals surface area contributed by atoms with Gasteiger partial charge < -0.3 is 11.1 Å². The normalized spacial score (nSPS) is 15.0. The largest absolute Gasteiger partial charge is 0.348 e. The predicted octanol–water partition coefficient (Wildman–Crippen LogP) is 2.55. The van der Waals surface area contributed by atoms with Gasteiger partial charge in [0.05, 0.1) is 12.1 Å². The first kappa shape index (κ1) is 14.7. The molecule has 2 atom stereocenters. The summed E-state index contributed by atoms with van der Waals surface area (Å²) in [5.41, 5.74) is 8.00. The molecule has 0 saturated carbocycles. The molecule has 1 rings (SSSR count). The molecule has 1 amide bonds. The van der Waals surface area contributed by atoms with E-state index in [1.165, 1.54) is 5.56 Å². The minimum atomic E-state index is -0.496. The zero-order chi connectivity index (χ0) is 13.9. The molecule has 0 aliphatic rings. The van der Waals surface area contributed by atoms with Gasteiger partial charge in [0.2, 0.25) is 5.91 Å². The molecule has 3 N–H and O–H groups in total. The van der Waals surface area contributed by atoms with Crippen LogP contribution in [0.1, 0.15) is 44.9 Å². The van der Waals surface area contributed by atoms with E-state index in [9.17, 15) is 4.79 Å². The van der Waals surface area contributed by atoms with E-state index in [1.807, 2.05) is 52.8 Å². The molecule has 3 nitrogen and oxygen atoms in total. The molecule has 18 heavy (non-hydrogen) atoms. The molecule has 0 fully saturated rings. The lowest BCUT2D eigenvalue weighted by atomic mass is 9.86. The monoisotopic (exact) mass is 248 g/mol. The Hall–Kier alpha value is -1.35. The summed E-state index contributed by atoms with van der Waals surface area (Å²) in [6, 6.07) is 7.61. The number of benzene rings is 1. The Balaban J connectivity index is 2.71. The Labute approximate surface area is 110 Å². The highest BCUT2D eigenvalue weighted by Crippen LogP contribution is 2.19. The SMILES string of the molecule is Cc1cccc([C@@H](C)NC(=O)[C@H](N)C(C)(C)C)c1. The average molecular weight is 248 g/mol. The highest BCUT2D eigenvalue weighted by Gasteiger charge is 2.28. The van der Waals surface area contributed by atoms with Crippen LogP contribution >= 0.6 is 0 Å². The third-order valence-corrected chi connectivity index (χ3v) is 3.12. The van der Waals surface area contributed by atoms with Crippen molar-refractivity contribution < 1.29 is 4.79 Å². The van der Waals surface area contributed by atoms with Gasteiger partial charge in [0.25, 0.3) is 0 Å². The summed E-state index contributed by atoms with van der Waals surface area (Å²) in [5, 5.41) is 2.97. The van der Waals surface area contributed by atoms with E-state index in [4.69, 9.17) is 5.73 Å². The summed E-state index contributed by atoms with van der Waals surface area (Å²) in [6.45, 7) is 9.92. The molecule has 100 valence electrons. The Morgan fingerprint density at radius 2 is 1.94 bits per heavy atom. The molecule has 3 heteroatoms. The molecule has 0 saturated heterocycles. The molecule has 0 aliphatic carbocycles. The first-order chi connectivity index (χ1) is 8.21. The number of carbonyl (C=O) groups is 1. The number of carbonyl (C=O) groups excluding carboxylic acids is 1. The van der Waals surface area contributed by atoms with Crippen LogP contribution in [0.15, 0.2) is 24.3 Å². The Bertz CT molecular complexity index is 421. The lowest BCUT2D eigenvalue weighted by Gasteiger charge is -2.27. The second-order valence-corrected chi connectivity index (χ2v) is 5.99. The van der Waals surface area contributed by atoms with E-state index in [0.29, 0.717) is 0 Å². The summed E-state index contributed by atoms with van der Waals surface area (Å²) in [7, 11) is 0. The second kappa shape index (κ2) is 5.53. The summed E-state index contributed by atoms with van der Waals surface area (Å²) in [4.78, 5) is 12.0. The fraction of sp³-hybridized carbons (Fsp3) is 0.533. The van der Waals surface area contributed by atoms with Crippen molar-refractivity contribution in [1.82, 2.24) is 5.32 Å². The number of hydrogen-bond donors (Lipinski definition) is 2. The molecule has 0 aliphatic heterocycles. The number of hydrogen-bond acceptors (Lipinski definition) is 2. The number of nitrogens with two attached hydrogens (primary N) is 1. The van der Waals surface area contributed by atoms with Crippen molar-refractivity contribution in [3.63, 3.8) is 0 Å². The lowest BCUT2D eigenvalue weighted by molar-refractivity contribution is -0.125. The highest BCUT2D eigenvalue weighted by molar-refractivity contribution is 5.82. The van der Waals surface area contributed by atoms with Crippen LogP contribution < -0.4 is 11.1 Å². The van der Waals surface area contributed by atoms with Gasteiger partial charge in [0.15, 0.2) is 0 Å². The van der Waals surface area contributed by atoms with E-state index < -0.39 is 6.04 Å². The maximum absolute atomic E-state index is 12.0. The van der Waals surface area contributed by atoms with Crippen molar-refractivity contribution in [3.05, 3.63) is 35.4 Å². The van der Waals surface area contributed by atoms with E-state index in [0.717, 1.165) is 5.56 Å². The summed E-state index contributed by atoms with van der Waals surface area (Å²) >= 11 is 0. The maximum atomic E-state index is 12.0. The van der Waals surface area contributed by atoms with Crippen molar-refractivity contribution in [3.8, 4) is 0 Å². The molecule has 0 heterocycles. The standard InChI is InChI=1S/C15H24N2O/c1-10-7-6-8-12(9-10)11(2)17-14(18)13(16)15(3,4)5/h6-9,11,13H,16H2,1-5H3,(H,17,18)/t11-,13+/m1/s1. The quantitative estimate of drug-likeness (QED) is 0.863. The molecule has 0 radical (unpaired) electrons. The smallest absolute Gasteiger partial charge is 0.237 e. The third kappa shape index (κ3) is 3.84. The van der Waals surface area contributed by atoms with Gasteiger partial charge in [-0.25, -0.2) is 0 Å². The van der Waals surface area contributed by atoms with E-state index >= 15 is 0 Å². The van der Waals surface area contributed by atoms with Crippen LogP contribution in [-0.2, 0) is 4.79 Å². The molecular weight excluding hydrogens is 224 g/mol.